The maximum absolute atomic E-state index is 13.2. The minimum Gasteiger partial charge on any atom is -0.376 e. The second kappa shape index (κ2) is 9.08. The van der Waals surface area contributed by atoms with Crippen LogP contribution in [-0.2, 0) is 4.74 Å². The Bertz CT molecular complexity index is 1490. The minimum atomic E-state index is -0.380. The van der Waals surface area contributed by atoms with Gasteiger partial charge in [-0.1, -0.05) is 0 Å². The largest absolute Gasteiger partial charge is 0.376 e. The van der Waals surface area contributed by atoms with Gasteiger partial charge in [-0.3, -0.25) is 19.1 Å². The minimum absolute atomic E-state index is 0.0888. The molecule has 3 N–H and O–H groups in total. The van der Waals surface area contributed by atoms with Gasteiger partial charge >= 0.3 is 0 Å². The maximum Gasteiger partial charge on any atom is 0.278 e. The summed E-state index contributed by atoms with van der Waals surface area (Å²) in [6.07, 6.45) is 6.55. The fourth-order valence-electron chi connectivity index (χ4n) is 4.30. The molecule has 2 atom stereocenters. The third kappa shape index (κ3) is 4.07. The summed E-state index contributed by atoms with van der Waals surface area (Å²) in [5, 5.41) is 13.6. The van der Waals surface area contributed by atoms with Crippen molar-refractivity contribution in [1.29, 1.82) is 0 Å². The lowest BCUT2D eigenvalue weighted by Gasteiger charge is -2.45. The number of aromatic nitrogens is 5. The molecule has 11 heteroatoms. The summed E-state index contributed by atoms with van der Waals surface area (Å²) in [5.74, 6) is 0.716. The Balaban J connectivity index is 1.48. The van der Waals surface area contributed by atoms with Gasteiger partial charge in [0.1, 0.15) is 22.9 Å². The molecule has 186 valence electrons. The zero-order valence-electron chi connectivity index (χ0n) is 20.6. The van der Waals surface area contributed by atoms with Gasteiger partial charge in [-0.05, 0) is 51.0 Å². The quantitative estimate of drug-likeness (QED) is 0.362. The summed E-state index contributed by atoms with van der Waals surface area (Å²) in [7, 11) is 3.40. The number of nitrogens with zero attached hydrogens (tertiary/aromatic N) is 5. The molecule has 1 fully saturated rings. The smallest absolute Gasteiger partial charge is 0.278 e. The van der Waals surface area contributed by atoms with Crippen molar-refractivity contribution in [1.82, 2.24) is 29.5 Å². The van der Waals surface area contributed by atoms with Gasteiger partial charge in [-0.25, -0.2) is 4.98 Å². The zero-order chi connectivity index (χ0) is 25.4. The maximum atomic E-state index is 13.2. The van der Waals surface area contributed by atoms with Crippen molar-refractivity contribution in [2.75, 3.05) is 24.8 Å². The molecule has 36 heavy (non-hydrogen) atoms. The third-order valence-corrected chi connectivity index (χ3v) is 6.79. The number of hydrogen-bond acceptors (Lipinski definition) is 8. The van der Waals surface area contributed by atoms with E-state index >= 15 is 0 Å². The van der Waals surface area contributed by atoms with Crippen molar-refractivity contribution in [3.05, 3.63) is 70.5 Å². The van der Waals surface area contributed by atoms with Crippen molar-refractivity contribution in [2.24, 2.45) is 0 Å². The van der Waals surface area contributed by atoms with Crippen molar-refractivity contribution < 1.29 is 9.53 Å². The molecule has 1 aliphatic carbocycles. The van der Waals surface area contributed by atoms with E-state index in [2.05, 4.69) is 31.0 Å². The monoisotopic (exact) mass is 488 g/mol. The Morgan fingerprint density at radius 3 is 2.75 bits per heavy atom. The topological polar surface area (TPSA) is 127 Å². The molecule has 4 aromatic heterocycles. The molecule has 0 aliphatic heterocycles. The Morgan fingerprint density at radius 2 is 2.08 bits per heavy atom. The zero-order valence-corrected chi connectivity index (χ0v) is 20.6. The summed E-state index contributed by atoms with van der Waals surface area (Å²) in [6, 6.07) is 8.77. The van der Waals surface area contributed by atoms with Crippen LogP contribution < -0.4 is 21.5 Å². The number of hydrogen-bond donors (Lipinski definition) is 3. The molecule has 0 bridgehead atoms. The second-order valence-corrected chi connectivity index (χ2v) is 9.03. The second-order valence-electron chi connectivity index (χ2n) is 9.03. The van der Waals surface area contributed by atoms with E-state index in [0.717, 1.165) is 18.5 Å². The van der Waals surface area contributed by atoms with Crippen LogP contribution in [0.15, 0.2) is 53.7 Å². The average molecular weight is 489 g/mol. The Hall–Kier alpha value is -4.25. The van der Waals surface area contributed by atoms with Crippen molar-refractivity contribution in [3.63, 3.8) is 0 Å². The number of amides is 1. The standard InChI is InChI=1S/C25H28N8O3/c1-15-7-8-16(13-27-15)32-11-5-6-18(24(32)35)29-20-12-21(26-3)33-22(31-20)17(14-28-33)23(34)30-19-9-10-25(19,2)36-4/h5-8,11-14,19,26H,9-10H2,1-4H3,(H,29,31)(H,30,34)/t19-,25-/m1/s1. The van der Waals surface area contributed by atoms with Gasteiger partial charge < -0.3 is 20.7 Å². The predicted octanol–water partition coefficient (Wildman–Crippen LogP) is 2.67. The van der Waals surface area contributed by atoms with Crippen LogP contribution in [0.1, 0.15) is 35.8 Å². The molecule has 0 aromatic carbocycles. The molecule has 5 rings (SSSR count). The lowest BCUT2D eigenvalue weighted by atomic mass is 9.76. The lowest BCUT2D eigenvalue weighted by molar-refractivity contribution is -0.0828. The first-order valence-corrected chi connectivity index (χ1v) is 11.7. The van der Waals surface area contributed by atoms with Gasteiger partial charge in [0, 0.05) is 32.1 Å². The van der Waals surface area contributed by atoms with Crippen LogP contribution >= 0.6 is 0 Å². The Kier molecular flexibility index (Phi) is 5.92. The normalized spacial score (nSPS) is 19.1. The van der Waals surface area contributed by atoms with Crippen LogP contribution in [0, 0.1) is 6.92 Å². The number of fused-ring (bicyclic) bond motifs is 1. The molecule has 1 saturated carbocycles. The number of rotatable bonds is 7. The number of ether oxygens (including phenoxy) is 1. The lowest BCUT2D eigenvalue weighted by Crippen LogP contribution is -2.59. The first kappa shape index (κ1) is 23.5. The molecule has 0 radical (unpaired) electrons. The Labute approximate surface area is 207 Å². The molecule has 1 aliphatic rings. The van der Waals surface area contributed by atoms with Crippen LogP contribution in [0.2, 0.25) is 0 Å². The molecule has 0 spiro atoms. The van der Waals surface area contributed by atoms with Crippen LogP contribution in [0.25, 0.3) is 11.3 Å². The molecule has 4 aromatic rings. The van der Waals surface area contributed by atoms with Gasteiger partial charge in [0.2, 0.25) is 0 Å². The average Bonchev–Trinajstić information content (AvgIpc) is 3.31. The fraction of sp³-hybridized carbons (Fsp3) is 0.320. The molecular formula is C25H28N8O3. The number of anilines is 3. The first-order valence-electron chi connectivity index (χ1n) is 11.7. The molecule has 1 amide bonds. The summed E-state index contributed by atoms with van der Waals surface area (Å²) < 4.78 is 8.63. The number of nitrogens with one attached hydrogen (secondary N) is 3. The highest BCUT2D eigenvalue weighted by Gasteiger charge is 2.44. The molecule has 0 saturated heterocycles. The fourth-order valence-corrected chi connectivity index (χ4v) is 4.30. The predicted molar refractivity (Wildman–Crippen MR) is 136 cm³/mol. The number of pyridine rings is 2. The van der Waals surface area contributed by atoms with Gasteiger partial charge in [-0.2, -0.15) is 9.61 Å². The molecule has 0 unspecified atom stereocenters. The van der Waals surface area contributed by atoms with E-state index in [0.29, 0.717) is 34.2 Å². The number of aryl methyl sites for hydroxylation is 1. The van der Waals surface area contributed by atoms with Gasteiger partial charge in [0.05, 0.1) is 29.7 Å². The highest BCUT2D eigenvalue weighted by atomic mass is 16.5. The van der Waals surface area contributed by atoms with Crippen LogP contribution in [0.3, 0.4) is 0 Å². The van der Waals surface area contributed by atoms with Crippen molar-refractivity contribution >= 4 is 28.9 Å². The van der Waals surface area contributed by atoms with Gasteiger partial charge in [0.15, 0.2) is 5.65 Å². The van der Waals surface area contributed by atoms with E-state index in [1.807, 2.05) is 26.0 Å². The van der Waals surface area contributed by atoms with E-state index in [-0.39, 0.29) is 23.1 Å². The summed E-state index contributed by atoms with van der Waals surface area (Å²) in [4.78, 5) is 35.2. The van der Waals surface area contributed by atoms with Crippen LogP contribution in [0.4, 0.5) is 17.3 Å². The third-order valence-electron chi connectivity index (χ3n) is 6.79. The van der Waals surface area contributed by atoms with E-state index in [1.54, 1.807) is 49.3 Å². The van der Waals surface area contributed by atoms with E-state index in [4.69, 9.17) is 4.74 Å². The molecule has 4 heterocycles. The van der Waals surface area contributed by atoms with Crippen molar-refractivity contribution in [2.45, 2.75) is 38.3 Å². The molecule has 11 nitrogen and oxygen atoms in total. The van der Waals surface area contributed by atoms with Gasteiger partial charge in [0.25, 0.3) is 11.5 Å². The highest BCUT2D eigenvalue weighted by Crippen LogP contribution is 2.35. The SMILES string of the molecule is CNc1cc(Nc2cccn(-c3ccc(C)nc3)c2=O)nc2c(C(=O)N[C@@H]3CC[C@@]3(C)OC)cnn12. The van der Waals surface area contributed by atoms with Gasteiger partial charge in [-0.15, -0.1) is 0 Å². The van der Waals surface area contributed by atoms with Crippen molar-refractivity contribution in [3.8, 4) is 5.69 Å². The van der Waals surface area contributed by atoms with Crippen LogP contribution in [0.5, 0.6) is 0 Å². The summed E-state index contributed by atoms with van der Waals surface area (Å²) in [6.45, 7) is 3.87. The summed E-state index contributed by atoms with van der Waals surface area (Å²) in [5.41, 5.74) is 1.90. The first-order chi connectivity index (χ1) is 17.3. The Morgan fingerprint density at radius 1 is 1.25 bits per heavy atom. The number of carbonyl (C=O) groups excluding carboxylic acids is 1. The van der Waals surface area contributed by atoms with E-state index in [9.17, 15) is 9.59 Å². The summed E-state index contributed by atoms with van der Waals surface area (Å²) >= 11 is 0. The number of methoxy groups -OCH3 is 1. The molecular weight excluding hydrogens is 460 g/mol. The van der Waals surface area contributed by atoms with E-state index < -0.39 is 0 Å². The van der Waals surface area contributed by atoms with E-state index in [1.165, 1.54) is 10.8 Å². The number of carbonyl (C=O) groups is 1. The highest BCUT2D eigenvalue weighted by molar-refractivity contribution is 6.00. The van der Waals surface area contributed by atoms with Crippen LogP contribution in [-0.4, -0.2) is 55.9 Å².